The number of nitrogens with zero attached hydrogens (tertiary/aromatic N) is 2. The van der Waals surface area contributed by atoms with Gasteiger partial charge in [0.1, 0.15) is 11.2 Å². The van der Waals surface area contributed by atoms with Gasteiger partial charge in [-0.2, -0.15) is 12.6 Å². The topological polar surface area (TPSA) is 59.1 Å². The van der Waals surface area contributed by atoms with Crippen LogP contribution in [0.15, 0.2) is 0 Å². The average molecular weight is 373 g/mol. The van der Waals surface area contributed by atoms with Crippen LogP contribution < -0.4 is 0 Å². The first-order chi connectivity index (χ1) is 11.3. The minimum atomic E-state index is -0.543. The van der Waals surface area contributed by atoms with Crippen LogP contribution in [0.4, 0.5) is 9.59 Å². The van der Waals surface area contributed by atoms with E-state index in [1.807, 2.05) is 41.5 Å². The Bertz CT molecular complexity index is 482. The van der Waals surface area contributed by atoms with Crippen LogP contribution >= 0.6 is 12.6 Å². The molecule has 2 rings (SSSR count). The number of fused-ring (bicyclic) bond motifs is 1. The van der Waals surface area contributed by atoms with Gasteiger partial charge in [-0.05, 0) is 47.3 Å². The molecule has 1 heterocycles. The van der Waals surface area contributed by atoms with Crippen molar-refractivity contribution in [3.8, 4) is 0 Å². The van der Waals surface area contributed by atoms with Crippen molar-refractivity contribution < 1.29 is 19.1 Å². The molecule has 4 atom stereocenters. The molecule has 0 aromatic rings. The number of hydrogen-bond acceptors (Lipinski definition) is 5. The molecular weight excluding hydrogens is 340 g/mol. The molecule has 7 heteroatoms. The second-order valence-electron chi connectivity index (χ2n) is 9.15. The normalized spacial score (nSPS) is 29.6. The predicted octanol–water partition coefficient (Wildman–Crippen LogP) is 3.41. The fraction of sp³-hybridized carbons (Fsp3) is 0.889. The fourth-order valence-corrected chi connectivity index (χ4v) is 3.60. The van der Waals surface area contributed by atoms with Crippen molar-refractivity contribution in [3.63, 3.8) is 0 Å². The highest BCUT2D eigenvalue weighted by molar-refractivity contribution is 7.80. The smallest absolute Gasteiger partial charge is 0.410 e. The van der Waals surface area contributed by atoms with Gasteiger partial charge >= 0.3 is 12.2 Å². The highest BCUT2D eigenvalue weighted by Crippen LogP contribution is 2.44. The lowest BCUT2D eigenvalue weighted by atomic mass is 10.1. The van der Waals surface area contributed by atoms with Gasteiger partial charge in [0.05, 0.1) is 12.1 Å². The monoisotopic (exact) mass is 372 g/mol. The number of rotatable bonds is 1. The Morgan fingerprint density at radius 2 is 1.28 bits per heavy atom. The number of ether oxygens (including phenoxy) is 2. The van der Waals surface area contributed by atoms with Crippen molar-refractivity contribution in [2.45, 2.75) is 71.8 Å². The Morgan fingerprint density at radius 3 is 1.56 bits per heavy atom. The summed E-state index contributed by atoms with van der Waals surface area (Å²) in [4.78, 5) is 28.9. The van der Waals surface area contributed by atoms with Crippen LogP contribution in [0, 0.1) is 11.8 Å². The molecule has 0 aromatic heterocycles. The molecule has 2 fully saturated rings. The summed E-state index contributed by atoms with van der Waals surface area (Å²) in [7, 11) is 0. The van der Waals surface area contributed by atoms with Gasteiger partial charge < -0.3 is 19.3 Å². The molecule has 0 radical (unpaired) electrons. The molecule has 1 aliphatic carbocycles. The summed E-state index contributed by atoms with van der Waals surface area (Å²) < 4.78 is 11.1. The zero-order valence-corrected chi connectivity index (χ0v) is 17.3. The Kier molecular flexibility index (Phi) is 5.57. The lowest BCUT2D eigenvalue weighted by Crippen LogP contribution is -2.42. The van der Waals surface area contributed by atoms with E-state index >= 15 is 0 Å². The zero-order chi connectivity index (χ0) is 19.2. The predicted molar refractivity (Wildman–Crippen MR) is 100.0 cm³/mol. The third-order valence-corrected chi connectivity index (χ3v) is 4.95. The number of thiol groups is 1. The molecule has 2 aliphatic rings. The summed E-state index contributed by atoms with van der Waals surface area (Å²) in [6.07, 6.45) is -0.630. The molecule has 0 aromatic carbocycles. The van der Waals surface area contributed by atoms with E-state index in [4.69, 9.17) is 9.47 Å². The average Bonchev–Trinajstić information content (AvgIpc) is 3.09. The zero-order valence-electron chi connectivity index (χ0n) is 16.4. The Labute approximate surface area is 156 Å². The molecule has 6 nitrogen and oxygen atoms in total. The standard InChI is InChI=1S/C18H32N2O4S/c1-11-13-14(11)20(16(22)24-18(5,6)7)9-12(10-25)8-19(13)15(21)23-17(2,3)4/h11-14,25H,8-10H2,1-7H3/t11-,12+,13+,14-. The van der Waals surface area contributed by atoms with Crippen LogP contribution in [-0.4, -0.2) is 64.1 Å². The molecule has 0 bridgehead atoms. The summed E-state index contributed by atoms with van der Waals surface area (Å²) in [5.74, 6) is 0.885. The van der Waals surface area contributed by atoms with Crippen LogP contribution in [0.5, 0.6) is 0 Å². The molecule has 1 saturated carbocycles. The summed E-state index contributed by atoms with van der Waals surface area (Å²) in [6, 6.07) is -0.0421. The largest absolute Gasteiger partial charge is 0.444 e. The van der Waals surface area contributed by atoms with Crippen molar-refractivity contribution in [1.82, 2.24) is 9.80 Å². The number of carbonyl (C=O) groups is 2. The SMILES string of the molecule is C[C@H]1[C@@H]2[C@H]1N(C(=O)OC(C)(C)C)C[C@H](CS)CN2C(=O)OC(C)(C)C. The van der Waals surface area contributed by atoms with Gasteiger partial charge in [0.2, 0.25) is 0 Å². The van der Waals surface area contributed by atoms with Crippen LogP contribution in [0.2, 0.25) is 0 Å². The first-order valence-corrected chi connectivity index (χ1v) is 9.57. The van der Waals surface area contributed by atoms with Crippen molar-refractivity contribution in [2.75, 3.05) is 18.8 Å². The number of carbonyl (C=O) groups excluding carboxylic acids is 2. The molecule has 144 valence electrons. The van der Waals surface area contributed by atoms with Gasteiger partial charge in [-0.15, -0.1) is 0 Å². The second-order valence-corrected chi connectivity index (χ2v) is 9.52. The fourth-order valence-electron chi connectivity index (χ4n) is 3.36. The summed E-state index contributed by atoms with van der Waals surface area (Å²) in [6.45, 7) is 14.3. The maximum absolute atomic E-state index is 12.7. The minimum Gasteiger partial charge on any atom is -0.444 e. The van der Waals surface area contributed by atoms with Gasteiger partial charge in [0.25, 0.3) is 0 Å². The van der Waals surface area contributed by atoms with E-state index in [-0.39, 0.29) is 36.1 Å². The van der Waals surface area contributed by atoms with Crippen LogP contribution in [0.1, 0.15) is 48.5 Å². The molecule has 0 spiro atoms. The van der Waals surface area contributed by atoms with Gasteiger partial charge in [-0.25, -0.2) is 9.59 Å². The molecular formula is C18H32N2O4S. The molecule has 1 saturated heterocycles. The Hall–Kier alpha value is -1.11. The molecule has 25 heavy (non-hydrogen) atoms. The number of amides is 2. The summed E-state index contributed by atoms with van der Waals surface area (Å²) in [5.41, 5.74) is -1.09. The quantitative estimate of drug-likeness (QED) is 0.717. The van der Waals surface area contributed by atoms with Crippen molar-refractivity contribution in [3.05, 3.63) is 0 Å². The molecule has 0 unspecified atom stereocenters. The van der Waals surface area contributed by atoms with E-state index in [0.29, 0.717) is 18.8 Å². The third kappa shape index (κ3) is 4.96. The highest BCUT2D eigenvalue weighted by atomic mass is 32.1. The highest BCUT2D eigenvalue weighted by Gasteiger charge is 2.59. The van der Waals surface area contributed by atoms with Crippen molar-refractivity contribution >= 4 is 24.8 Å². The lowest BCUT2D eigenvalue weighted by Gasteiger charge is -2.30. The Balaban J connectivity index is 2.19. The summed E-state index contributed by atoms with van der Waals surface area (Å²) in [5, 5.41) is 0. The van der Waals surface area contributed by atoms with Gasteiger partial charge in [-0.1, -0.05) is 6.92 Å². The van der Waals surface area contributed by atoms with E-state index in [0.717, 1.165) is 0 Å². The van der Waals surface area contributed by atoms with Crippen LogP contribution in [0.25, 0.3) is 0 Å². The first-order valence-electron chi connectivity index (χ1n) is 8.94. The molecule has 2 amide bonds. The van der Waals surface area contributed by atoms with Crippen LogP contribution in [-0.2, 0) is 9.47 Å². The second kappa shape index (κ2) is 6.89. The maximum atomic E-state index is 12.7. The minimum absolute atomic E-state index is 0.0211. The Morgan fingerprint density at radius 1 is 0.920 bits per heavy atom. The van der Waals surface area contributed by atoms with E-state index < -0.39 is 11.2 Å². The van der Waals surface area contributed by atoms with E-state index in [1.165, 1.54) is 0 Å². The van der Waals surface area contributed by atoms with E-state index in [2.05, 4.69) is 19.6 Å². The third-order valence-electron chi connectivity index (χ3n) is 4.43. The van der Waals surface area contributed by atoms with Gasteiger partial charge in [-0.3, -0.25) is 0 Å². The molecule has 0 N–H and O–H groups in total. The van der Waals surface area contributed by atoms with Gasteiger partial charge in [0, 0.05) is 24.9 Å². The van der Waals surface area contributed by atoms with E-state index in [9.17, 15) is 9.59 Å². The maximum Gasteiger partial charge on any atom is 0.410 e. The van der Waals surface area contributed by atoms with Crippen molar-refractivity contribution in [1.29, 1.82) is 0 Å². The molecule has 1 aliphatic heterocycles. The number of hydrogen-bond donors (Lipinski definition) is 1. The lowest BCUT2D eigenvalue weighted by molar-refractivity contribution is 0.0194. The van der Waals surface area contributed by atoms with Gasteiger partial charge in [0.15, 0.2) is 0 Å². The van der Waals surface area contributed by atoms with Crippen LogP contribution in [0.3, 0.4) is 0 Å². The van der Waals surface area contributed by atoms with Crippen molar-refractivity contribution in [2.24, 2.45) is 11.8 Å². The van der Waals surface area contributed by atoms with E-state index in [1.54, 1.807) is 9.80 Å². The summed E-state index contributed by atoms with van der Waals surface area (Å²) >= 11 is 4.41. The first kappa shape index (κ1) is 20.2.